The van der Waals surface area contributed by atoms with Gasteiger partial charge in [0.25, 0.3) is 5.56 Å². The van der Waals surface area contributed by atoms with Crippen LogP contribution in [0.15, 0.2) is 40.0 Å². The first-order chi connectivity index (χ1) is 12.2. The fourth-order valence-corrected chi connectivity index (χ4v) is 4.39. The summed E-state index contributed by atoms with van der Waals surface area (Å²) in [5, 5.41) is 0. The molecule has 1 aromatic heterocycles. The summed E-state index contributed by atoms with van der Waals surface area (Å²) in [4.78, 5) is 11.1. The lowest BCUT2D eigenvalue weighted by atomic mass is 10.3. The maximum absolute atomic E-state index is 13.8. The number of ether oxygens (including phenoxy) is 1. The van der Waals surface area contributed by atoms with Crippen LogP contribution < -0.4 is 10.3 Å². The number of halogens is 2. The molecule has 26 heavy (non-hydrogen) atoms. The average Bonchev–Trinajstić information content (AvgIpc) is 3.04. The van der Waals surface area contributed by atoms with E-state index in [4.69, 9.17) is 4.74 Å². The van der Waals surface area contributed by atoms with Crippen LogP contribution in [0.4, 0.5) is 8.78 Å². The highest BCUT2D eigenvalue weighted by molar-refractivity contribution is 7.89. The molecule has 1 aliphatic rings. The lowest BCUT2D eigenvalue weighted by molar-refractivity contribution is 0.214. The second kappa shape index (κ2) is 6.81. The van der Waals surface area contributed by atoms with E-state index >= 15 is 0 Å². The molecule has 6 nitrogen and oxygen atoms in total. The van der Waals surface area contributed by atoms with Gasteiger partial charge in [0.15, 0.2) is 0 Å². The monoisotopic (exact) mass is 384 g/mol. The lowest BCUT2D eigenvalue weighted by Gasteiger charge is -2.18. The number of pyridine rings is 1. The van der Waals surface area contributed by atoms with Crippen LogP contribution in [0, 0.1) is 18.6 Å². The summed E-state index contributed by atoms with van der Waals surface area (Å²) >= 11 is 0. The number of nitrogens with zero attached hydrogens (tertiary/aromatic N) is 2. The van der Waals surface area contributed by atoms with Gasteiger partial charge in [0.1, 0.15) is 28.4 Å². The fraction of sp³-hybridized carbons (Fsp3) is 0.353. The van der Waals surface area contributed by atoms with Crippen molar-refractivity contribution in [2.45, 2.75) is 24.3 Å². The third-order valence-corrected chi connectivity index (χ3v) is 6.28. The van der Waals surface area contributed by atoms with Gasteiger partial charge in [-0.15, -0.1) is 0 Å². The quantitative estimate of drug-likeness (QED) is 0.806. The lowest BCUT2D eigenvalue weighted by Crippen LogP contribution is -2.32. The second-order valence-corrected chi connectivity index (χ2v) is 8.10. The minimum absolute atomic E-state index is 0.00740. The summed E-state index contributed by atoms with van der Waals surface area (Å²) in [5.41, 5.74) is 0.473. The molecule has 0 saturated carbocycles. The van der Waals surface area contributed by atoms with Crippen molar-refractivity contribution in [1.82, 2.24) is 8.87 Å². The molecule has 0 spiro atoms. The maximum Gasteiger partial charge on any atom is 0.254 e. The Balaban J connectivity index is 1.78. The van der Waals surface area contributed by atoms with Crippen LogP contribution in [0.5, 0.6) is 5.75 Å². The first kappa shape index (κ1) is 18.5. The van der Waals surface area contributed by atoms with Crippen molar-refractivity contribution in [2.24, 2.45) is 7.05 Å². The molecule has 2 heterocycles. The van der Waals surface area contributed by atoms with Gasteiger partial charge in [0.05, 0.1) is 6.54 Å². The van der Waals surface area contributed by atoms with Crippen molar-refractivity contribution in [3.05, 3.63) is 58.0 Å². The summed E-state index contributed by atoms with van der Waals surface area (Å²) < 4.78 is 60.6. The third-order valence-electron chi connectivity index (χ3n) is 4.40. The smallest absolute Gasteiger partial charge is 0.254 e. The molecular weight excluding hydrogens is 366 g/mol. The first-order valence-electron chi connectivity index (χ1n) is 7.98. The normalized spacial score (nSPS) is 18.2. The van der Waals surface area contributed by atoms with E-state index in [1.165, 1.54) is 10.6 Å². The van der Waals surface area contributed by atoms with Crippen molar-refractivity contribution in [3.63, 3.8) is 0 Å². The summed E-state index contributed by atoms with van der Waals surface area (Å²) in [6, 6.07) is 5.33. The molecule has 1 saturated heterocycles. The van der Waals surface area contributed by atoms with Gasteiger partial charge in [-0.2, -0.15) is 4.31 Å². The van der Waals surface area contributed by atoms with Crippen molar-refractivity contribution < 1.29 is 21.9 Å². The Labute approximate surface area is 149 Å². The van der Waals surface area contributed by atoms with Gasteiger partial charge in [0.2, 0.25) is 10.0 Å². The summed E-state index contributed by atoms with van der Waals surface area (Å²) in [6.45, 7) is 1.87. The minimum atomic E-state index is -4.17. The van der Waals surface area contributed by atoms with E-state index in [0.717, 1.165) is 16.4 Å². The molecule has 0 N–H and O–H groups in total. The molecule has 0 bridgehead atoms. The maximum atomic E-state index is 13.8. The molecular formula is C17H18F2N2O4S. The Bertz CT molecular complexity index is 1000. The highest BCUT2D eigenvalue weighted by atomic mass is 32.2. The van der Waals surface area contributed by atoms with Crippen molar-refractivity contribution in [3.8, 4) is 5.75 Å². The van der Waals surface area contributed by atoms with Crippen molar-refractivity contribution in [2.75, 3.05) is 13.1 Å². The molecule has 0 aliphatic carbocycles. The average molecular weight is 384 g/mol. The van der Waals surface area contributed by atoms with E-state index in [0.29, 0.717) is 23.9 Å². The molecule has 2 aromatic rings. The van der Waals surface area contributed by atoms with Crippen LogP contribution in [0.1, 0.15) is 12.1 Å². The van der Waals surface area contributed by atoms with Gasteiger partial charge in [-0.25, -0.2) is 17.2 Å². The van der Waals surface area contributed by atoms with E-state index in [2.05, 4.69) is 0 Å². The van der Waals surface area contributed by atoms with E-state index in [1.807, 2.05) is 0 Å². The van der Waals surface area contributed by atoms with Crippen molar-refractivity contribution in [1.29, 1.82) is 0 Å². The Morgan fingerprint density at radius 3 is 2.62 bits per heavy atom. The number of aromatic nitrogens is 1. The standard InChI is InChI=1S/C17H18F2N2O4S/c1-11-7-14(9-17(22)20(11)2)25-13-5-6-21(10-13)26(23,24)16-8-12(18)3-4-15(16)19/h3-4,7-9,13H,5-6,10H2,1-2H3. The minimum Gasteiger partial charge on any atom is -0.489 e. The molecule has 1 fully saturated rings. The molecule has 140 valence electrons. The number of sulfonamides is 1. The predicted molar refractivity (Wildman–Crippen MR) is 90.6 cm³/mol. The zero-order valence-corrected chi connectivity index (χ0v) is 15.1. The predicted octanol–water partition coefficient (Wildman–Crippen LogP) is 1.81. The number of hydrogen-bond donors (Lipinski definition) is 0. The Kier molecular flexibility index (Phi) is 4.85. The number of rotatable bonds is 4. The first-order valence-corrected chi connectivity index (χ1v) is 9.42. The van der Waals surface area contributed by atoms with E-state index < -0.39 is 32.7 Å². The zero-order valence-electron chi connectivity index (χ0n) is 14.3. The Hall–Kier alpha value is -2.26. The van der Waals surface area contributed by atoms with Crippen LogP contribution in [-0.2, 0) is 17.1 Å². The van der Waals surface area contributed by atoms with Crippen LogP contribution in [0.25, 0.3) is 0 Å². The highest BCUT2D eigenvalue weighted by Crippen LogP contribution is 2.26. The molecule has 9 heteroatoms. The van der Waals surface area contributed by atoms with E-state index in [-0.39, 0.29) is 18.6 Å². The SMILES string of the molecule is Cc1cc(OC2CCN(S(=O)(=O)c3cc(F)ccc3F)C2)cc(=O)n1C. The summed E-state index contributed by atoms with van der Waals surface area (Å²) in [5.74, 6) is -1.47. The van der Waals surface area contributed by atoms with Crippen molar-refractivity contribution >= 4 is 10.0 Å². The van der Waals surface area contributed by atoms with Gasteiger partial charge in [-0.3, -0.25) is 4.79 Å². The fourth-order valence-electron chi connectivity index (χ4n) is 2.82. The van der Waals surface area contributed by atoms with Gasteiger partial charge in [0, 0.05) is 25.4 Å². The molecule has 0 amide bonds. The highest BCUT2D eigenvalue weighted by Gasteiger charge is 2.35. The van der Waals surface area contributed by atoms with E-state index in [1.54, 1.807) is 20.0 Å². The van der Waals surface area contributed by atoms with Gasteiger partial charge in [-0.05, 0) is 37.6 Å². The molecule has 1 atom stereocenters. The van der Waals surface area contributed by atoms with Crippen LogP contribution in [0.3, 0.4) is 0 Å². The second-order valence-electron chi connectivity index (χ2n) is 6.20. The Morgan fingerprint density at radius 2 is 1.92 bits per heavy atom. The van der Waals surface area contributed by atoms with Gasteiger partial charge in [-0.1, -0.05) is 0 Å². The molecule has 1 unspecified atom stereocenters. The van der Waals surface area contributed by atoms with Crippen LogP contribution in [0.2, 0.25) is 0 Å². The molecule has 3 rings (SSSR count). The molecule has 1 aliphatic heterocycles. The topological polar surface area (TPSA) is 68.6 Å². The van der Waals surface area contributed by atoms with E-state index in [9.17, 15) is 22.0 Å². The van der Waals surface area contributed by atoms with Crippen LogP contribution in [-0.4, -0.2) is 36.5 Å². The molecule has 0 radical (unpaired) electrons. The number of hydrogen-bond acceptors (Lipinski definition) is 4. The largest absolute Gasteiger partial charge is 0.489 e. The number of benzene rings is 1. The van der Waals surface area contributed by atoms with Gasteiger partial charge >= 0.3 is 0 Å². The molecule has 1 aromatic carbocycles. The summed E-state index contributed by atoms with van der Waals surface area (Å²) in [7, 11) is -2.53. The van der Waals surface area contributed by atoms with Gasteiger partial charge < -0.3 is 9.30 Å². The Morgan fingerprint density at radius 1 is 1.19 bits per heavy atom. The number of aryl methyl sites for hydroxylation is 1. The third kappa shape index (κ3) is 3.49. The zero-order chi connectivity index (χ0) is 19.1. The van der Waals surface area contributed by atoms with Crippen LogP contribution >= 0.6 is 0 Å². The summed E-state index contributed by atoms with van der Waals surface area (Å²) in [6.07, 6.45) is -0.0994.